The molecule has 0 atom stereocenters. The van der Waals surface area contributed by atoms with Gasteiger partial charge in [-0.2, -0.15) is 0 Å². The molecule has 26 heavy (non-hydrogen) atoms. The largest absolute Gasteiger partial charge is 0.497 e. The monoisotopic (exact) mass is 396 g/mol. The van der Waals surface area contributed by atoms with Crippen LogP contribution in [0.15, 0.2) is 51.0 Å². The lowest BCUT2D eigenvalue weighted by Gasteiger charge is -2.12. The fourth-order valence-electron chi connectivity index (χ4n) is 2.14. The molecule has 2 rings (SSSR count). The minimum absolute atomic E-state index is 0.268. The first-order chi connectivity index (χ1) is 12.5. The third kappa shape index (κ3) is 6.32. The molecule has 0 aliphatic heterocycles. The van der Waals surface area contributed by atoms with Gasteiger partial charge in [-0.15, -0.1) is 11.3 Å². The van der Waals surface area contributed by atoms with Crippen LogP contribution in [0.2, 0.25) is 0 Å². The molecule has 0 amide bonds. The Kier molecular flexibility index (Phi) is 7.89. The molecule has 9 heteroatoms. The SMILES string of the molecule is CCNC(=NCc1cccc(OC)c1)NCCNS(=O)(=O)c1cccs1. The van der Waals surface area contributed by atoms with E-state index in [1.165, 1.54) is 11.3 Å². The molecular weight excluding hydrogens is 372 g/mol. The summed E-state index contributed by atoms with van der Waals surface area (Å²) in [5.74, 6) is 1.42. The van der Waals surface area contributed by atoms with Crippen molar-refractivity contribution in [2.24, 2.45) is 4.99 Å². The second kappa shape index (κ2) is 10.1. The van der Waals surface area contributed by atoms with Crippen LogP contribution in [0.1, 0.15) is 12.5 Å². The van der Waals surface area contributed by atoms with Crippen LogP contribution in [0.4, 0.5) is 0 Å². The van der Waals surface area contributed by atoms with Gasteiger partial charge in [0.2, 0.25) is 10.0 Å². The second-order valence-corrected chi connectivity index (χ2v) is 8.24. The van der Waals surface area contributed by atoms with Crippen molar-refractivity contribution in [3.05, 3.63) is 47.3 Å². The van der Waals surface area contributed by atoms with Gasteiger partial charge >= 0.3 is 0 Å². The minimum atomic E-state index is -3.44. The Bertz CT molecular complexity index is 805. The Labute approximate surface area is 158 Å². The maximum Gasteiger partial charge on any atom is 0.250 e. The third-order valence-corrected chi connectivity index (χ3v) is 6.23. The Hall–Kier alpha value is -2.10. The highest BCUT2D eigenvalue weighted by Gasteiger charge is 2.13. The predicted octanol–water partition coefficient (Wildman–Crippen LogP) is 1.79. The van der Waals surface area contributed by atoms with Gasteiger partial charge in [-0.05, 0) is 36.1 Å². The first-order valence-electron chi connectivity index (χ1n) is 8.23. The van der Waals surface area contributed by atoms with Crippen LogP contribution in [0.3, 0.4) is 0 Å². The first kappa shape index (κ1) is 20.2. The maximum absolute atomic E-state index is 12.0. The number of hydrogen-bond acceptors (Lipinski definition) is 5. The lowest BCUT2D eigenvalue weighted by Crippen LogP contribution is -2.41. The number of sulfonamides is 1. The van der Waals surface area contributed by atoms with Crippen molar-refractivity contribution >= 4 is 27.3 Å². The van der Waals surface area contributed by atoms with Crippen molar-refractivity contribution in [1.82, 2.24) is 15.4 Å². The van der Waals surface area contributed by atoms with Gasteiger partial charge in [-0.3, -0.25) is 0 Å². The summed E-state index contributed by atoms with van der Waals surface area (Å²) in [5.41, 5.74) is 1.03. The van der Waals surface area contributed by atoms with Gasteiger partial charge in [0.05, 0.1) is 13.7 Å². The standard InChI is InChI=1S/C17H24N4O3S2/c1-3-18-17(20-13-14-6-4-7-15(12-14)24-2)19-9-10-21-26(22,23)16-8-5-11-25-16/h4-8,11-12,21H,3,9-10,13H2,1-2H3,(H2,18,19,20). The molecule has 2 aromatic rings. The smallest absolute Gasteiger partial charge is 0.250 e. The molecule has 0 unspecified atom stereocenters. The highest BCUT2D eigenvalue weighted by molar-refractivity contribution is 7.91. The Balaban J connectivity index is 1.85. The Morgan fingerprint density at radius 2 is 2.04 bits per heavy atom. The normalized spacial score (nSPS) is 12.0. The average Bonchev–Trinajstić information content (AvgIpc) is 3.19. The zero-order chi connectivity index (χ0) is 18.8. The summed E-state index contributed by atoms with van der Waals surface area (Å²) < 4.78 is 32.2. The van der Waals surface area contributed by atoms with Crippen LogP contribution in [-0.4, -0.2) is 41.1 Å². The Morgan fingerprint density at radius 1 is 1.19 bits per heavy atom. The van der Waals surface area contributed by atoms with Gasteiger partial charge < -0.3 is 15.4 Å². The van der Waals surface area contributed by atoms with E-state index in [0.29, 0.717) is 29.8 Å². The number of rotatable bonds is 9. The molecule has 0 saturated carbocycles. The quantitative estimate of drug-likeness (QED) is 0.341. The number of benzene rings is 1. The van der Waals surface area contributed by atoms with E-state index in [4.69, 9.17) is 4.74 Å². The third-order valence-electron chi connectivity index (χ3n) is 3.37. The molecule has 0 aliphatic carbocycles. The van der Waals surface area contributed by atoms with Crippen molar-refractivity contribution in [3.8, 4) is 5.75 Å². The highest BCUT2D eigenvalue weighted by Crippen LogP contribution is 2.15. The first-order valence-corrected chi connectivity index (χ1v) is 10.6. The van der Waals surface area contributed by atoms with Gasteiger partial charge in [0.1, 0.15) is 9.96 Å². The van der Waals surface area contributed by atoms with Gasteiger partial charge in [0.15, 0.2) is 5.96 Å². The fourth-order valence-corrected chi connectivity index (χ4v) is 4.21. The molecule has 7 nitrogen and oxygen atoms in total. The van der Waals surface area contributed by atoms with Crippen LogP contribution in [-0.2, 0) is 16.6 Å². The van der Waals surface area contributed by atoms with Crippen molar-refractivity contribution in [3.63, 3.8) is 0 Å². The van der Waals surface area contributed by atoms with Crippen LogP contribution in [0.5, 0.6) is 5.75 Å². The maximum atomic E-state index is 12.0. The molecule has 0 aliphatic rings. The highest BCUT2D eigenvalue weighted by atomic mass is 32.2. The molecule has 3 N–H and O–H groups in total. The zero-order valence-electron chi connectivity index (χ0n) is 14.9. The summed E-state index contributed by atoms with van der Waals surface area (Å²) in [6.45, 7) is 3.87. The summed E-state index contributed by atoms with van der Waals surface area (Å²) in [6.07, 6.45) is 0. The summed E-state index contributed by atoms with van der Waals surface area (Å²) in [5, 5.41) is 8.00. The Morgan fingerprint density at radius 3 is 2.73 bits per heavy atom. The molecule has 0 saturated heterocycles. The number of guanidine groups is 1. The number of hydrogen-bond donors (Lipinski definition) is 3. The second-order valence-electron chi connectivity index (χ2n) is 5.30. The summed E-state index contributed by atoms with van der Waals surface area (Å²) in [4.78, 5) is 4.51. The number of ether oxygens (including phenoxy) is 1. The van der Waals surface area contributed by atoms with Crippen molar-refractivity contribution in [1.29, 1.82) is 0 Å². The van der Waals surface area contributed by atoms with Crippen LogP contribution in [0.25, 0.3) is 0 Å². The van der Waals surface area contributed by atoms with Crippen LogP contribution < -0.4 is 20.1 Å². The van der Waals surface area contributed by atoms with E-state index < -0.39 is 10.0 Å². The molecule has 1 aromatic carbocycles. The lowest BCUT2D eigenvalue weighted by atomic mass is 10.2. The van der Waals surface area contributed by atoms with E-state index in [0.717, 1.165) is 11.3 Å². The topological polar surface area (TPSA) is 91.8 Å². The minimum Gasteiger partial charge on any atom is -0.497 e. The molecular formula is C17H24N4O3S2. The van der Waals surface area contributed by atoms with Crippen molar-refractivity contribution in [2.45, 2.75) is 17.7 Å². The predicted molar refractivity (Wildman–Crippen MR) is 105 cm³/mol. The zero-order valence-corrected chi connectivity index (χ0v) is 16.5. The van der Waals surface area contributed by atoms with E-state index in [-0.39, 0.29) is 6.54 Å². The van der Waals surface area contributed by atoms with E-state index in [1.54, 1.807) is 24.6 Å². The number of nitrogens with one attached hydrogen (secondary N) is 3. The lowest BCUT2D eigenvalue weighted by molar-refractivity contribution is 0.414. The van der Waals surface area contributed by atoms with E-state index in [1.807, 2.05) is 31.2 Å². The molecule has 142 valence electrons. The van der Waals surface area contributed by atoms with Crippen molar-refractivity contribution < 1.29 is 13.2 Å². The van der Waals surface area contributed by atoms with Gasteiger partial charge in [-0.1, -0.05) is 18.2 Å². The number of methoxy groups -OCH3 is 1. The molecule has 1 heterocycles. The van der Waals surface area contributed by atoms with E-state index >= 15 is 0 Å². The van der Waals surface area contributed by atoms with Crippen LogP contribution in [0, 0.1) is 0 Å². The van der Waals surface area contributed by atoms with Gasteiger partial charge in [-0.25, -0.2) is 18.1 Å². The summed E-state index contributed by atoms with van der Waals surface area (Å²) >= 11 is 1.19. The summed E-state index contributed by atoms with van der Waals surface area (Å²) in [6, 6.07) is 11.0. The average molecular weight is 397 g/mol. The number of aliphatic imine (C=N–C) groups is 1. The van der Waals surface area contributed by atoms with Crippen molar-refractivity contribution in [2.75, 3.05) is 26.7 Å². The van der Waals surface area contributed by atoms with Gasteiger partial charge in [0, 0.05) is 19.6 Å². The molecule has 1 aromatic heterocycles. The van der Waals surface area contributed by atoms with E-state index in [9.17, 15) is 8.42 Å². The number of thiophene rings is 1. The summed E-state index contributed by atoms with van der Waals surface area (Å²) in [7, 11) is -1.81. The number of nitrogens with zero attached hydrogens (tertiary/aromatic N) is 1. The fraction of sp³-hybridized carbons (Fsp3) is 0.353. The molecule has 0 radical (unpaired) electrons. The molecule has 0 fully saturated rings. The van der Waals surface area contributed by atoms with Crippen LogP contribution >= 0.6 is 11.3 Å². The van der Waals surface area contributed by atoms with Gasteiger partial charge in [0.25, 0.3) is 0 Å². The molecule has 0 bridgehead atoms. The van der Waals surface area contributed by atoms with E-state index in [2.05, 4.69) is 20.3 Å². The molecule has 0 spiro atoms.